The van der Waals surface area contributed by atoms with Crippen molar-refractivity contribution in [2.24, 2.45) is 5.92 Å². The largest absolute Gasteiger partial charge is 0.497 e. The maximum atomic E-state index is 14.3. The van der Waals surface area contributed by atoms with Crippen LogP contribution in [0.2, 0.25) is 0 Å². The van der Waals surface area contributed by atoms with Crippen LogP contribution in [0.1, 0.15) is 24.0 Å². The van der Waals surface area contributed by atoms with Gasteiger partial charge in [-0.3, -0.25) is 9.59 Å². The van der Waals surface area contributed by atoms with Gasteiger partial charge in [-0.1, -0.05) is 60.7 Å². The number of hydrogen-bond donors (Lipinski definition) is 0. The summed E-state index contributed by atoms with van der Waals surface area (Å²) in [5, 5.41) is 0. The summed E-state index contributed by atoms with van der Waals surface area (Å²) >= 11 is 0. The highest BCUT2D eigenvalue weighted by Gasteiger charge is 2.43. The maximum absolute atomic E-state index is 14.3. The van der Waals surface area contributed by atoms with Crippen LogP contribution in [0, 0.1) is 5.92 Å². The van der Waals surface area contributed by atoms with Crippen molar-refractivity contribution < 1.29 is 27.5 Å². The summed E-state index contributed by atoms with van der Waals surface area (Å²) in [6.45, 7) is 1.17. The molecule has 1 amide bonds. The number of carbonyl (C=O) groups excluding carboxylic acids is 2. The smallest absolute Gasteiger partial charge is 0.325 e. The summed E-state index contributed by atoms with van der Waals surface area (Å²) in [4.78, 5) is 30.3. The van der Waals surface area contributed by atoms with Gasteiger partial charge in [-0.25, -0.2) is 8.42 Å². The van der Waals surface area contributed by atoms with Gasteiger partial charge in [-0.15, -0.1) is 0 Å². The Morgan fingerprint density at radius 1 is 0.881 bits per heavy atom. The lowest BCUT2D eigenvalue weighted by Gasteiger charge is -2.39. The zero-order chi connectivity index (χ0) is 30.1. The summed E-state index contributed by atoms with van der Waals surface area (Å²) in [6, 6.07) is 23.6. The Kier molecular flexibility index (Phi) is 10.7. The Labute approximate surface area is 248 Å². The molecule has 1 atom stereocenters. The second-order valence-corrected chi connectivity index (χ2v) is 12.6. The van der Waals surface area contributed by atoms with Crippen molar-refractivity contribution in [1.29, 1.82) is 0 Å². The van der Waals surface area contributed by atoms with Crippen molar-refractivity contribution in [3.05, 3.63) is 96.1 Å². The Hall–Kier alpha value is -3.73. The van der Waals surface area contributed by atoms with E-state index in [1.54, 1.807) is 17.0 Å². The fourth-order valence-electron chi connectivity index (χ4n) is 5.17. The van der Waals surface area contributed by atoms with Gasteiger partial charge in [0, 0.05) is 19.6 Å². The molecule has 0 radical (unpaired) electrons. The molecule has 0 spiro atoms. The summed E-state index contributed by atoms with van der Waals surface area (Å²) < 4.78 is 40.9. The first-order chi connectivity index (χ1) is 20.2. The molecule has 10 heteroatoms. The van der Waals surface area contributed by atoms with E-state index < -0.39 is 22.0 Å². The van der Waals surface area contributed by atoms with Gasteiger partial charge in [0.15, 0.2) is 0 Å². The van der Waals surface area contributed by atoms with E-state index in [0.717, 1.165) is 11.1 Å². The van der Waals surface area contributed by atoms with Crippen LogP contribution < -0.4 is 4.74 Å². The number of rotatable bonds is 12. The number of amides is 1. The van der Waals surface area contributed by atoms with Crippen molar-refractivity contribution >= 4 is 21.9 Å². The molecule has 1 heterocycles. The lowest BCUT2D eigenvalue weighted by molar-refractivity contribution is -0.152. The molecule has 0 saturated carbocycles. The number of sulfonamides is 1. The third kappa shape index (κ3) is 7.96. The van der Waals surface area contributed by atoms with E-state index in [4.69, 9.17) is 9.47 Å². The number of ether oxygens (including phenoxy) is 2. The number of benzene rings is 3. The molecule has 1 aliphatic rings. The second-order valence-electron chi connectivity index (χ2n) is 10.7. The van der Waals surface area contributed by atoms with E-state index in [1.807, 2.05) is 79.7 Å². The predicted octanol–water partition coefficient (Wildman–Crippen LogP) is 3.80. The highest BCUT2D eigenvalue weighted by atomic mass is 32.2. The standard InChI is InChI=1S/C32H39N3O6S/c1-33(2)23-30(36)34-20-18-27(19-21-34)31(32(37)41-24-26-12-8-5-9-13-26)35(22-25-10-6-4-7-11-25)42(38,39)29-16-14-28(40-3)15-17-29/h4-17,27,31H,18-24H2,1-3H3. The molecule has 4 rings (SSSR count). The zero-order valence-electron chi connectivity index (χ0n) is 24.4. The highest BCUT2D eigenvalue weighted by Crippen LogP contribution is 2.32. The Morgan fingerprint density at radius 3 is 2.00 bits per heavy atom. The lowest BCUT2D eigenvalue weighted by Crippen LogP contribution is -2.53. The molecular formula is C32H39N3O6S. The van der Waals surface area contributed by atoms with E-state index in [1.165, 1.54) is 23.5 Å². The Morgan fingerprint density at radius 2 is 1.45 bits per heavy atom. The average Bonchev–Trinajstić information content (AvgIpc) is 3.00. The molecule has 0 bridgehead atoms. The molecule has 1 aliphatic heterocycles. The first kappa shape index (κ1) is 31.2. The van der Waals surface area contributed by atoms with Crippen LogP contribution in [-0.2, 0) is 37.5 Å². The van der Waals surface area contributed by atoms with Gasteiger partial charge in [0.2, 0.25) is 15.9 Å². The van der Waals surface area contributed by atoms with Crippen LogP contribution in [-0.4, -0.2) is 81.3 Å². The van der Waals surface area contributed by atoms with Gasteiger partial charge in [-0.2, -0.15) is 4.31 Å². The average molecular weight is 594 g/mol. The van der Waals surface area contributed by atoms with E-state index in [2.05, 4.69) is 0 Å². The number of hydrogen-bond acceptors (Lipinski definition) is 7. The summed E-state index contributed by atoms with van der Waals surface area (Å²) in [7, 11) is 1.04. The topological polar surface area (TPSA) is 96.5 Å². The molecule has 0 N–H and O–H groups in total. The molecule has 3 aromatic carbocycles. The molecule has 9 nitrogen and oxygen atoms in total. The van der Waals surface area contributed by atoms with Gasteiger partial charge in [0.1, 0.15) is 18.4 Å². The van der Waals surface area contributed by atoms with Crippen LogP contribution in [0.25, 0.3) is 0 Å². The minimum atomic E-state index is -4.16. The summed E-state index contributed by atoms with van der Waals surface area (Å²) in [6.07, 6.45) is 0.932. The number of esters is 1. The molecule has 0 aliphatic carbocycles. The van der Waals surface area contributed by atoms with E-state index in [0.29, 0.717) is 38.2 Å². The van der Waals surface area contributed by atoms with Crippen molar-refractivity contribution in [3.63, 3.8) is 0 Å². The van der Waals surface area contributed by atoms with Gasteiger partial charge < -0.3 is 19.3 Å². The minimum Gasteiger partial charge on any atom is -0.497 e. The number of nitrogens with zero attached hydrogens (tertiary/aromatic N) is 3. The minimum absolute atomic E-state index is 0.00801. The van der Waals surface area contributed by atoms with Gasteiger partial charge >= 0.3 is 5.97 Å². The third-order valence-corrected chi connectivity index (χ3v) is 9.25. The van der Waals surface area contributed by atoms with E-state index in [9.17, 15) is 18.0 Å². The van der Waals surface area contributed by atoms with E-state index >= 15 is 0 Å². The Bertz CT molecular complexity index is 1410. The van der Waals surface area contributed by atoms with Crippen LogP contribution in [0.15, 0.2) is 89.8 Å². The SMILES string of the molecule is COc1ccc(S(=O)(=O)N(Cc2ccccc2)C(C(=O)OCc2ccccc2)C2CCN(C(=O)CN(C)C)CC2)cc1. The molecule has 1 unspecified atom stereocenters. The normalized spacial score (nSPS) is 15.0. The van der Waals surface area contributed by atoms with Crippen molar-refractivity contribution in [3.8, 4) is 5.75 Å². The predicted molar refractivity (Wildman–Crippen MR) is 160 cm³/mol. The van der Waals surface area contributed by atoms with E-state index in [-0.39, 0.29) is 29.9 Å². The monoisotopic (exact) mass is 593 g/mol. The summed E-state index contributed by atoms with van der Waals surface area (Å²) in [5.74, 6) is -0.427. The number of carbonyl (C=O) groups is 2. The number of methoxy groups -OCH3 is 1. The lowest BCUT2D eigenvalue weighted by atomic mass is 9.89. The third-order valence-electron chi connectivity index (χ3n) is 7.41. The quantitative estimate of drug-likeness (QED) is 0.295. The highest BCUT2D eigenvalue weighted by molar-refractivity contribution is 7.89. The number of likely N-dealkylation sites (tertiary alicyclic amines) is 1. The first-order valence-electron chi connectivity index (χ1n) is 14.0. The molecule has 1 saturated heterocycles. The maximum Gasteiger partial charge on any atom is 0.325 e. The van der Waals surface area contributed by atoms with Crippen LogP contribution in [0.4, 0.5) is 0 Å². The number of likely N-dealkylation sites (N-methyl/N-ethyl adjacent to an activating group) is 1. The molecule has 42 heavy (non-hydrogen) atoms. The fourth-order valence-corrected chi connectivity index (χ4v) is 6.80. The van der Waals surface area contributed by atoms with Gasteiger partial charge in [0.05, 0.1) is 18.6 Å². The second kappa shape index (κ2) is 14.4. The first-order valence-corrected chi connectivity index (χ1v) is 15.5. The van der Waals surface area contributed by atoms with Crippen molar-refractivity contribution in [1.82, 2.24) is 14.1 Å². The van der Waals surface area contributed by atoms with Gasteiger partial charge in [-0.05, 0) is 68.2 Å². The van der Waals surface area contributed by atoms with Crippen LogP contribution >= 0.6 is 0 Å². The molecule has 224 valence electrons. The van der Waals surface area contributed by atoms with Crippen molar-refractivity contribution in [2.75, 3.05) is 40.8 Å². The zero-order valence-corrected chi connectivity index (χ0v) is 25.2. The van der Waals surface area contributed by atoms with Gasteiger partial charge in [0.25, 0.3) is 0 Å². The van der Waals surface area contributed by atoms with Crippen LogP contribution in [0.3, 0.4) is 0 Å². The molecule has 3 aromatic rings. The fraction of sp³-hybridized carbons (Fsp3) is 0.375. The number of piperidine rings is 1. The van der Waals surface area contributed by atoms with Crippen LogP contribution in [0.5, 0.6) is 5.75 Å². The van der Waals surface area contributed by atoms with Crippen molar-refractivity contribution in [2.45, 2.75) is 36.9 Å². The summed E-state index contributed by atoms with van der Waals surface area (Å²) in [5.41, 5.74) is 1.55. The Balaban J connectivity index is 1.69. The molecule has 0 aromatic heterocycles. The molecule has 1 fully saturated rings. The molecular weight excluding hydrogens is 554 g/mol.